The molecule has 1 aromatic carbocycles. The highest BCUT2D eigenvalue weighted by Crippen LogP contribution is 2.29. The number of carbonyl (C=O) groups excluding carboxylic acids is 2. The predicted octanol–water partition coefficient (Wildman–Crippen LogP) is 5.55. The molecule has 33 heavy (non-hydrogen) atoms. The van der Waals surface area contributed by atoms with Crippen molar-refractivity contribution in [2.75, 3.05) is 13.7 Å². The summed E-state index contributed by atoms with van der Waals surface area (Å²) in [6.07, 6.45) is 14.5. The van der Waals surface area contributed by atoms with Crippen molar-refractivity contribution >= 4 is 11.9 Å². The Balaban J connectivity index is 1.38. The quantitative estimate of drug-likeness (QED) is 0.247. The van der Waals surface area contributed by atoms with Crippen LogP contribution in [0.1, 0.15) is 64.7 Å². The second-order valence-electron chi connectivity index (χ2n) is 8.72. The van der Waals surface area contributed by atoms with Gasteiger partial charge in [0.2, 0.25) is 0 Å². The van der Waals surface area contributed by atoms with Gasteiger partial charge in [0.15, 0.2) is 0 Å². The molecule has 1 atom stereocenters. The number of ether oxygens (including phenoxy) is 4. The molecule has 0 amide bonds. The summed E-state index contributed by atoms with van der Waals surface area (Å²) in [5.41, 5.74) is 0.499. The number of carbonyl (C=O) groups is 2. The average molecular weight is 457 g/mol. The van der Waals surface area contributed by atoms with Crippen LogP contribution in [-0.2, 0) is 19.1 Å². The van der Waals surface area contributed by atoms with Crippen molar-refractivity contribution in [3.63, 3.8) is 0 Å². The molecule has 0 saturated heterocycles. The molecule has 1 saturated carbocycles. The van der Waals surface area contributed by atoms with Crippen LogP contribution < -0.4 is 9.47 Å². The minimum absolute atomic E-state index is 0.00588. The fourth-order valence-electron chi connectivity index (χ4n) is 4.11. The maximum atomic E-state index is 12.6. The highest BCUT2D eigenvalue weighted by atomic mass is 16.5. The van der Waals surface area contributed by atoms with Gasteiger partial charge in [-0.2, -0.15) is 0 Å². The van der Waals surface area contributed by atoms with Gasteiger partial charge in [-0.1, -0.05) is 38.3 Å². The number of methoxy groups -OCH3 is 1. The molecule has 6 heteroatoms. The van der Waals surface area contributed by atoms with Crippen LogP contribution >= 0.6 is 0 Å². The maximum Gasteiger partial charge on any atom is 0.343 e. The van der Waals surface area contributed by atoms with E-state index in [1.165, 1.54) is 19.3 Å². The molecule has 2 aliphatic carbocycles. The third-order valence-electron chi connectivity index (χ3n) is 6.21. The zero-order valence-corrected chi connectivity index (χ0v) is 19.8. The Bertz CT molecular complexity index is 818. The van der Waals surface area contributed by atoms with Crippen molar-refractivity contribution in [3.8, 4) is 11.5 Å². The summed E-state index contributed by atoms with van der Waals surface area (Å²) in [5.74, 6) is 0.137. The van der Waals surface area contributed by atoms with Gasteiger partial charge < -0.3 is 18.9 Å². The molecule has 0 heterocycles. The molecule has 2 aliphatic rings. The van der Waals surface area contributed by atoms with Crippen LogP contribution in [-0.4, -0.2) is 37.9 Å². The van der Waals surface area contributed by atoms with E-state index in [-0.39, 0.29) is 24.1 Å². The summed E-state index contributed by atoms with van der Waals surface area (Å²) in [6.45, 7) is 3.02. The molecule has 0 aliphatic heterocycles. The molecule has 0 radical (unpaired) electrons. The lowest BCUT2D eigenvalue weighted by molar-refractivity contribution is -0.141. The predicted molar refractivity (Wildman–Crippen MR) is 126 cm³/mol. The van der Waals surface area contributed by atoms with Gasteiger partial charge in [-0.3, -0.25) is 4.79 Å². The molecule has 1 unspecified atom stereocenters. The number of benzene rings is 1. The van der Waals surface area contributed by atoms with Crippen LogP contribution in [0.2, 0.25) is 0 Å². The van der Waals surface area contributed by atoms with Gasteiger partial charge in [-0.05, 0) is 68.9 Å². The van der Waals surface area contributed by atoms with Crippen molar-refractivity contribution in [1.82, 2.24) is 0 Å². The monoisotopic (exact) mass is 456 g/mol. The first kappa shape index (κ1) is 25.2. The highest BCUT2D eigenvalue weighted by Gasteiger charge is 2.28. The third-order valence-corrected chi connectivity index (χ3v) is 6.21. The summed E-state index contributed by atoms with van der Waals surface area (Å²) in [6, 6.07) is 6.57. The minimum atomic E-state index is -0.421. The van der Waals surface area contributed by atoms with E-state index >= 15 is 0 Å². The van der Waals surface area contributed by atoms with E-state index in [1.807, 2.05) is 6.08 Å². The van der Waals surface area contributed by atoms with Crippen LogP contribution in [0.15, 0.2) is 48.1 Å². The lowest BCUT2D eigenvalue weighted by Crippen LogP contribution is -2.29. The lowest BCUT2D eigenvalue weighted by Gasteiger charge is -2.27. The second kappa shape index (κ2) is 13.3. The number of esters is 2. The van der Waals surface area contributed by atoms with Gasteiger partial charge in [0, 0.05) is 13.7 Å². The standard InChI is InChI=1S/C27H36O6/c1-3-4-5-6-19-31-23-13-9-21(10-14-23)27(29)33-25-17-15-24(16-18-25)32-26(28)20-7-11-22(30-2)12-8-20/h7-8,11,15-18,21-23H,3-6,9-10,12-14,19H2,1-2H3. The Hall–Kier alpha value is -2.44. The first-order valence-corrected chi connectivity index (χ1v) is 12.2. The van der Waals surface area contributed by atoms with E-state index in [0.717, 1.165) is 38.7 Å². The number of hydrogen-bond donors (Lipinski definition) is 0. The Morgan fingerprint density at radius 3 is 2.24 bits per heavy atom. The molecule has 0 bridgehead atoms. The fraction of sp³-hybridized carbons (Fsp3) is 0.556. The molecular weight excluding hydrogens is 420 g/mol. The molecule has 3 rings (SSSR count). The van der Waals surface area contributed by atoms with Crippen LogP contribution in [0.25, 0.3) is 0 Å². The lowest BCUT2D eigenvalue weighted by atomic mass is 9.87. The summed E-state index contributed by atoms with van der Waals surface area (Å²) >= 11 is 0. The van der Waals surface area contributed by atoms with Gasteiger partial charge in [-0.15, -0.1) is 0 Å². The van der Waals surface area contributed by atoms with Crippen molar-refractivity contribution in [2.24, 2.45) is 5.92 Å². The summed E-state index contributed by atoms with van der Waals surface area (Å²) in [4.78, 5) is 24.8. The van der Waals surface area contributed by atoms with Gasteiger partial charge >= 0.3 is 11.9 Å². The fourth-order valence-corrected chi connectivity index (χ4v) is 4.11. The van der Waals surface area contributed by atoms with Crippen LogP contribution in [0.5, 0.6) is 11.5 Å². The Morgan fingerprint density at radius 2 is 1.64 bits per heavy atom. The molecule has 1 fully saturated rings. The van der Waals surface area contributed by atoms with E-state index in [2.05, 4.69) is 6.92 Å². The Kier molecular flexibility index (Phi) is 10.2. The van der Waals surface area contributed by atoms with E-state index < -0.39 is 5.97 Å². The van der Waals surface area contributed by atoms with E-state index in [0.29, 0.717) is 23.5 Å². The van der Waals surface area contributed by atoms with Crippen molar-refractivity contribution in [3.05, 3.63) is 48.1 Å². The zero-order chi connectivity index (χ0) is 23.5. The van der Waals surface area contributed by atoms with Gasteiger partial charge in [0.1, 0.15) is 11.5 Å². The maximum absolute atomic E-state index is 12.6. The molecule has 180 valence electrons. The first-order valence-electron chi connectivity index (χ1n) is 12.2. The van der Waals surface area contributed by atoms with E-state index in [1.54, 1.807) is 43.5 Å². The van der Waals surface area contributed by atoms with Gasteiger partial charge in [-0.25, -0.2) is 4.79 Å². The molecule has 6 nitrogen and oxygen atoms in total. The molecule has 0 N–H and O–H groups in total. The summed E-state index contributed by atoms with van der Waals surface area (Å²) < 4.78 is 22.2. The SMILES string of the molecule is CCCCCCOC1CCC(C(=O)Oc2ccc(OC(=O)C3=CCC(OC)C=C3)cc2)CC1. The van der Waals surface area contributed by atoms with Crippen LogP contribution in [0.4, 0.5) is 0 Å². The second-order valence-corrected chi connectivity index (χ2v) is 8.72. The van der Waals surface area contributed by atoms with Gasteiger partial charge in [0.05, 0.1) is 23.7 Å². The topological polar surface area (TPSA) is 71.1 Å². The van der Waals surface area contributed by atoms with Crippen molar-refractivity contribution < 1.29 is 28.5 Å². The van der Waals surface area contributed by atoms with Crippen LogP contribution in [0.3, 0.4) is 0 Å². The average Bonchev–Trinajstić information content (AvgIpc) is 2.85. The summed E-state index contributed by atoms with van der Waals surface area (Å²) in [7, 11) is 1.64. The van der Waals surface area contributed by atoms with Crippen LogP contribution in [0, 0.1) is 5.92 Å². The van der Waals surface area contributed by atoms with E-state index in [4.69, 9.17) is 18.9 Å². The number of unbranched alkanes of at least 4 members (excludes halogenated alkanes) is 3. The van der Waals surface area contributed by atoms with Gasteiger partial charge in [0.25, 0.3) is 0 Å². The van der Waals surface area contributed by atoms with E-state index in [9.17, 15) is 9.59 Å². The minimum Gasteiger partial charge on any atom is -0.426 e. The van der Waals surface area contributed by atoms with Crippen molar-refractivity contribution in [1.29, 1.82) is 0 Å². The first-order chi connectivity index (χ1) is 16.1. The number of hydrogen-bond acceptors (Lipinski definition) is 6. The normalized spacial score (nSPS) is 22.5. The Morgan fingerprint density at radius 1 is 0.939 bits per heavy atom. The molecule has 0 spiro atoms. The molecular formula is C27H36O6. The smallest absolute Gasteiger partial charge is 0.343 e. The third kappa shape index (κ3) is 8.13. The largest absolute Gasteiger partial charge is 0.426 e. The number of rotatable bonds is 11. The molecule has 1 aromatic rings. The van der Waals surface area contributed by atoms with Crippen molar-refractivity contribution in [2.45, 2.75) is 76.9 Å². The molecule has 0 aromatic heterocycles. The summed E-state index contributed by atoms with van der Waals surface area (Å²) in [5, 5.41) is 0. The zero-order valence-electron chi connectivity index (χ0n) is 19.8. The highest BCUT2D eigenvalue weighted by molar-refractivity contribution is 5.93. The Labute approximate surface area is 196 Å².